The van der Waals surface area contributed by atoms with Gasteiger partial charge in [0.25, 0.3) is 11.8 Å². The number of fused-ring (bicyclic) bond motifs is 1. The summed E-state index contributed by atoms with van der Waals surface area (Å²) in [5.41, 5.74) is 2.52. The van der Waals surface area contributed by atoms with E-state index in [9.17, 15) is 14.4 Å². The summed E-state index contributed by atoms with van der Waals surface area (Å²) in [6.07, 6.45) is 5.50. The minimum absolute atomic E-state index is 0.0212. The number of piperidine rings is 1. The number of likely N-dealkylation sites (tertiary alicyclic amines) is 1. The SMILES string of the molecule is CC(C)(C)OC(=O)N1CCC(NC(=O)c2ccc(Nc3nc(N4CCC[C@@H](NC(=O)c5ccc(C(C)(C)C)cc5)C4)nc4nccn34)cc2)C1. The van der Waals surface area contributed by atoms with Gasteiger partial charge in [-0.1, -0.05) is 32.9 Å². The Bertz CT molecular complexity index is 1840. The van der Waals surface area contributed by atoms with E-state index in [4.69, 9.17) is 14.7 Å². The van der Waals surface area contributed by atoms with Gasteiger partial charge in [-0.2, -0.15) is 9.97 Å². The fourth-order valence-electron chi connectivity index (χ4n) is 6.18. The van der Waals surface area contributed by atoms with Crippen LogP contribution in [0.4, 0.5) is 22.4 Å². The maximum Gasteiger partial charge on any atom is 0.410 e. The smallest absolute Gasteiger partial charge is 0.410 e. The number of anilines is 3. The number of nitrogens with zero attached hydrogens (tertiary/aromatic N) is 6. The Morgan fingerprint density at radius 3 is 2.08 bits per heavy atom. The van der Waals surface area contributed by atoms with Crippen molar-refractivity contribution in [1.29, 1.82) is 0 Å². The minimum atomic E-state index is -0.568. The third-order valence-electron chi connectivity index (χ3n) is 8.89. The van der Waals surface area contributed by atoms with E-state index in [1.807, 2.05) is 57.2 Å². The van der Waals surface area contributed by atoms with Crippen LogP contribution in [0.25, 0.3) is 5.78 Å². The van der Waals surface area contributed by atoms with E-state index in [1.165, 1.54) is 5.56 Å². The van der Waals surface area contributed by atoms with E-state index >= 15 is 0 Å². The van der Waals surface area contributed by atoms with Gasteiger partial charge in [0.2, 0.25) is 17.7 Å². The summed E-state index contributed by atoms with van der Waals surface area (Å²) in [5.74, 6) is 1.25. The van der Waals surface area contributed by atoms with Crippen LogP contribution in [0, 0.1) is 0 Å². The normalized spacial score (nSPS) is 18.2. The van der Waals surface area contributed by atoms with Gasteiger partial charge in [0.05, 0.1) is 0 Å². The second-order valence-electron chi connectivity index (χ2n) is 15.1. The highest BCUT2D eigenvalue weighted by Crippen LogP contribution is 2.24. The maximum atomic E-state index is 13.1. The van der Waals surface area contributed by atoms with E-state index in [0.29, 0.717) is 54.9 Å². The molecule has 13 nitrogen and oxygen atoms in total. The van der Waals surface area contributed by atoms with Gasteiger partial charge in [-0.05, 0) is 87.4 Å². The average molecular weight is 682 g/mol. The number of nitrogens with one attached hydrogen (secondary N) is 3. The molecule has 2 aromatic heterocycles. The van der Waals surface area contributed by atoms with E-state index in [0.717, 1.165) is 25.1 Å². The zero-order valence-electron chi connectivity index (χ0n) is 29.7. The summed E-state index contributed by atoms with van der Waals surface area (Å²) in [6.45, 7) is 14.2. The van der Waals surface area contributed by atoms with Crippen molar-refractivity contribution < 1.29 is 19.1 Å². The van der Waals surface area contributed by atoms with Crippen molar-refractivity contribution in [2.75, 3.05) is 36.4 Å². The van der Waals surface area contributed by atoms with Crippen molar-refractivity contribution in [3.63, 3.8) is 0 Å². The Hall–Kier alpha value is -5.20. The third kappa shape index (κ3) is 8.32. The van der Waals surface area contributed by atoms with E-state index in [2.05, 4.69) is 46.6 Å². The first-order valence-electron chi connectivity index (χ1n) is 17.3. The van der Waals surface area contributed by atoms with Gasteiger partial charge < -0.3 is 30.5 Å². The number of aromatic nitrogens is 4. The number of hydrogen-bond acceptors (Lipinski definition) is 9. The monoisotopic (exact) mass is 681 g/mol. The number of hydrogen-bond donors (Lipinski definition) is 3. The lowest BCUT2D eigenvalue weighted by Gasteiger charge is -2.33. The molecule has 2 atom stereocenters. The molecule has 0 radical (unpaired) electrons. The zero-order chi connectivity index (χ0) is 35.6. The predicted octanol–water partition coefficient (Wildman–Crippen LogP) is 5.30. The molecule has 264 valence electrons. The number of ether oxygens (including phenoxy) is 1. The molecule has 0 saturated carbocycles. The van der Waals surface area contributed by atoms with E-state index in [1.54, 1.807) is 33.8 Å². The Balaban J connectivity index is 1.08. The van der Waals surface area contributed by atoms with Crippen LogP contribution in [-0.4, -0.2) is 86.0 Å². The highest BCUT2D eigenvalue weighted by Gasteiger charge is 2.31. The Morgan fingerprint density at radius 1 is 0.800 bits per heavy atom. The van der Waals surface area contributed by atoms with E-state index in [-0.39, 0.29) is 35.4 Å². The molecule has 0 spiro atoms. The second kappa shape index (κ2) is 14.0. The largest absolute Gasteiger partial charge is 0.444 e. The Kier molecular flexibility index (Phi) is 9.68. The standard InChI is InChI=1S/C37H47N9O4/c1-36(2,3)26-13-9-24(10-14-26)30(47)39-28-8-7-19-44(22-28)33-42-32-38-18-21-46(32)34(43-33)41-27-15-11-25(12-16-27)31(48)40-29-17-20-45(23-29)35(49)50-37(4,5)6/h9-16,18,21,28-29H,7-8,17,19-20,22-23H2,1-6H3,(H,39,47)(H,40,48)(H,38,41,42,43)/t28-,29?/m1/s1. The van der Waals surface area contributed by atoms with Crippen LogP contribution in [0.15, 0.2) is 60.9 Å². The fraction of sp³-hybridized carbons (Fsp3) is 0.459. The minimum Gasteiger partial charge on any atom is -0.444 e. The van der Waals surface area contributed by atoms with Crippen molar-refractivity contribution >= 4 is 41.3 Å². The average Bonchev–Trinajstić information content (AvgIpc) is 3.74. The van der Waals surface area contributed by atoms with E-state index < -0.39 is 5.60 Å². The summed E-state index contributed by atoms with van der Waals surface area (Å²) < 4.78 is 7.23. The van der Waals surface area contributed by atoms with Crippen LogP contribution in [0.1, 0.15) is 87.1 Å². The molecular weight excluding hydrogens is 634 g/mol. The molecule has 1 unspecified atom stereocenters. The molecule has 0 bridgehead atoms. The Labute approximate surface area is 292 Å². The van der Waals surface area contributed by atoms with Crippen LogP contribution in [-0.2, 0) is 10.2 Å². The summed E-state index contributed by atoms with van der Waals surface area (Å²) in [6, 6.07) is 14.8. The van der Waals surface area contributed by atoms with Crippen LogP contribution in [0.5, 0.6) is 0 Å². The van der Waals surface area contributed by atoms with Crippen LogP contribution in [0.2, 0.25) is 0 Å². The van der Waals surface area contributed by atoms with Gasteiger partial charge in [-0.25, -0.2) is 9.78 Å². The quantitative estimate of drug-likeness (QED) is 0.236. The molecule has 2 aliphatic heterocycles. The van der Waals surface area contributed by atoms with Gasteiger partial charge in [-0.15, -0.1) is 0 Å². The Morgan fingerprint density at radius 2 is 1.44 bits per heavy atom. The van der Waals surface area contributed by atoms with Crippen molar-refractivity contribution in [3.8, 4) is 0 Å². The summed E-state index contributed by atoms with van der Waals surface area (Å²) in [5, 5.41) is 9.59. The molecule has 0 aliphatic carbocycles. The lowest BCUT2D eigenvalue weighted by molar-refractivity contribution is 0.0289. The number of carbonyl (C=O) groups is 3. The lowest BCUT2D eigenvalue weighted by atomic mass is 9.86. The number of imidazole rings is 1. The van der Waals surface area contributed by atoms with Gasteiger partial charge in [0.1, 0.15) is 5.60 Å². The third-order valence-corrected chi connectivity index (χ3v) is 8.89. The van der Waals surface area contributed by atoms with Gasteiger partial charge >= 0.3 is 6.09 Å². The highest BCUT2D eigenvalue weighted by molar-refractivity contribution is 5.95. The lowest BCUT2D eigenvalue weighted by Crippen LogP contribution is -2.48. The van der Waals surface area contributed by atoms with Gasteiger partial charge in [0, 0.05) is 67.5 Å². The van der Waals surface area contributed by atoms with Crippen LogP contribution < -0.4 is 20.9 Å². The summed E-state index contributed by atoms with van der Waals surface area (Å²) in [4.78, 5) is 56.3. The van der Waals surface area contributed by atoms with Gasteiger partial charge in [0.15, 0.2) is 0 Å². The second-order valence-corrected chi connectivity index (χ2v) is 15.1. The molecule has 2 aromatic carbocycles. The molecule has 4 heterocycles. The molecule has 3 amide bonds. The zero-order valence-corrected chi connectivity index (χ0v) is 29.7. The molecule has 6 rings (SSSR count). The molecule has 50 heavy (non-hydrogen) atoms. The van der Waals surface area contributed by atoms with Crippen molar-refractivity contribution in [3.05, 3.63) is 77.6 Å². The number of carbonyl (C=O) groups excluding carboxylic acids is 3. The molecule has 13 heteroatoms. The van der Waals surface area contributed by atoms with Crippen molar-refractivity contribution in [2.45, 2.75) is 83.9 Å². The highest BCUT2D eigenvalue weighted by atomic mass is 16.6. The molecule has 2 aliphatic rings. The first-order valence-corrected chi connectivity index (χ1v) is 17.3. The van der Waals surface area contributed by atoms with Crippen LogP contribution >= 0.6 is 0 Å². The van der Waals surface area contributed by atoms with Crippen molar-refractivity contribution in [2.24, 2.45) is 0 Å². The first-order chi connectivity index (χ1) is 23.7. The first kappa shape index (κ1) is 34.7. The fourth-order valence-corrected chi connectivity index (χ4v) is 6.18. The maximum absolute atomic E-state index is 13.1. The van der Waals surface area contributed by atoms with Crippen LogP contribution in [0.3, 0.4) is 0 Å². The molecule has 3 N–H and O–H groups in total. The number of amides is 3. The summed E-state index contributed by atoms with van der Waals surface area (Å²) in [7, 11) is 0. The number of benzene rings is 2. The van der Waals surface area contributed by atoms with Crippen molar-refractivity contribution in [1.82, 2.24) is 34.9 Å². The molecule has 2 saturated heterocycles. The molecule has 2 fully saturated rings. The predicted molar refractivity (Wildman–Crippen MR) is 192 cm³/mol. The van der Waals surface area contributed by atoms with Gasteiger partial charge in [-0.3, -0.25) is 14.0 Å². The topological polar surface area (TPSA) is 146 Å². The summed E-state index contributed by atoms with van der Waals surface area (Å²) >= 11 is 0. The molecule has 4 aromatic rings. The molecular formula is C37H47N9O4. The number of rotatable bonds is 7.